The second-order valence-corrected chi connectivity index (χ2v) is 8.62. The molecule has 4 heteroatoms. The van der Waals surface area contributed by atoms with E-state index in [-0.39, 0.29) is 18.7 Å². The highest BCUT2D eigenvalue weighted by Gasteiger charge is 2.31. The van der Waals surface area contributed by atoms with Gasteiger partial charge in [-0.1, -0.05) is 75.6 Å². The lowest BCUT2D eigenvalue weighted by molar-refractivity contribution is -0.125. The Morgan fingerprint density at radius 1 is 1.26 bits per heavy atom. The van der Waals surface area contributed by atoms with Crippen molar-refractivity contribution in [1.29, 1.82) is 0 Å². The molecule has 0 fully saturated rings. The predicted octanol–water partition coefficient (Wildman–Crippen LogP) is 7.12. The van der Waals surface area contributed by atoms with E-state index in [2.05, 4.69) is 52.1 Å². The molecule has 2 nitrogen and oxygen atoms in total. The summed E-state index contributed by atoms with van der Waals surface area (Å²) >= 11 is 0. The van der Waals surface area contributed by atoms with Gasteiger partial charge in [0.1, 0.15) is 0 Å². The number of benzene rings is 1. The van der Waals surface area contributed by atoms with Crippen LogP contribution in [0.1, 0.15) is 51.7 Å². The molecule has 0 saturated heterocycles. The van der Waals surface area contributed by atoms with Gasteiger partial charge >= 0.3 is 0 Å². The van der Waals surface area contributed by atoms with Crippen molar-refractivity contribution >= 4 is 11.5 Å². The standard InChI is InChI=1S/C27H33F2NO/c1-7-8-9-24-18-30(26(31)25(24)20(4)14-15-27(6,28)29)17-22-10-12-23(13-11-22)21(5)16-19(2)3/h7-13,16,19H,1,4,14-15,17-18H2,2-3,5-6H3/b9-8-,21-16+. The number of halogens is 2. The summed E-state index contributed by atoms with van der Waals surface area (Å²) in [5.41, 5.74) is 5.11. The average Bonchev–Trinajstić information content (AvgIpc) is 2.99. The first-order chi connectivity index (χ1) is 14.5. The van der Waals surface area contributed by atoms with Crippen molar-refractivity contribution in [2.75, 3.05) is 6.54 Å². The Balaban J connectivity index is 2.17. The van der Waals surface area contributed by atoms with Gasteiger partial charge in [-0.15, -0.1) is 0 Å². The maximum Gasteiger partial charge on any atom is 0.255 e. The highest BCUT2D eigenvalue weighted by Crippen LogP contribution is 2.32. The Labute approximate surface area is 185 Å². The Morgan fingerprint density at radius 2 is 1.90 bits per heavy atom. The van der Waals surface area contributed by atoms with Crippen molar-refractivity contribution in [3.8, 4) is 0 Å². The van der Waals surface area contributed by atoms with E-state index in [1.54, 1.807) is 17.1 Å². The van der Waals surface area contributed by atoms with E-state index in [0.717, 1.165) is 23.6 Å². The second kappa shape index (κ2) is 10.5. The molecule has 0 radical (unpaired) electrons. The molecule has 2 rings (SSSR count). The predicted molar refractivity (Wildman–Crippen MR) is 126 cm³/mol. The first-order valence-electron chi connectivity index (χ1n) is 10.7. The summed E-state index contributed by atoms with van der Waals surface area (Å²) in [6.07, 6.45) is 7.18. The van der Waals surface area contributed by atoms with Crippen LogP contribution in [-0.4, -0.2) is 23.3 Å². The van der Waals surface area contributed by atoms with Crippen molar-refractivity contribution in [2.24, 2.45) is 5.92 Å². The summed E-state index contributed by atoms with van der Waals surface area (Å²) in [7, 11) is 0. The fourth-order valence-electron chi connectivity index (χ4n) is 3.66. The van der Waals surface area contributed by atoms with Gasteiger partial charge in [0.25, 0.3) is 5.91 Å². The normalized spacial score (nSPS) is 15.5. The van der Waals surface area contributed by atoms with Gasteiger partial charge in [-0.05, 0) is 54.0 Å². The molecule has 0 aliphatic carbocycles. The third kappa shape index (κ3) is 7.16. The first-order valence-corrected chi connectivity index (χ1v) is 10.7. The number of alkyl halides is 2. The highest BCUT2D eigenvalue weighted by molar-refractivity contribution is 6.01. The molecule has 0 unspecified atom stereocenters. The zero-order chi connectivity index (χ0) is 23.2. The number of hydrogen-bond donors (Lipinski definition) is 0. The second-order valence-electron chi connectivity index (χ2n) is 8.62. The molecular weight excluding hydrogens is 392 g/mol. The maximum absolute atomic E-state index is 13.3. The summed E-state index contributed by atoms with van der Waals surface area (Å²) in [4.78, 5) is 14.8. The third-order valence-electron chi connectivity index (χ3n) is 5.20. The van der Waals surface area contributed by atoms with Gasteiger partial charge in [0.2, 0.25) is 5.92 Å². The Bertz CT molecular complexity index is 912. The minimum Gasteiger partial charge on any atom is -0.330 e. The van der Waals surface area contributed by atoms with E-state index in [1.807, 2.05) is 18.2 Å². The van der Waals surface area contributed by atoms with Gasteiger partial charge in [-0.2, -0.15) is 0 Å². The van der Waals surface area contributed by atoms with Crippen molar-refractivity contribution in [3.63, 3.8) is 0 Å². The Kier molecular flexibility index (Phi) is 8.32. The number of carbonyl (C=O) groups excluding carboxylic acids is 1. The molecule has 1 amide bonds. The molecule has 1 aromatic carbocycles. The number of hydrogen-bond acceptors (Lipinski definition) is 1. The van der Waals surface area contributed by atoms with Crippen LogP contribution in [0.3, 0.4) is 0 Å². The zero-order valence-corrected chi connectivity index (χ0v) is 19.1. The summed E-state index contributed by atoms with van der Waals surface area (Å²) in [5, 5.41) is 0. The van der Waals surface area contributed by atoms with Gasteiger partial charge in [-0.25, -0.2) is 8.78 Å². The molecule has 0 aromatic heterocycles. The molecule has 0 bridgehead atoms. The summed E-state index contributed by atoms with van der Waals surface area (Å²) < 4.78 is 26.6. The van der Waals surface area contributed by atoms with Crippen LogP contribution in [0.2, 0.25) is 0 Å². The zero-order valence-electron chi connectivity index (χ0n) is 19.1. The molecule has 31 heavy (non-hydrogen) atoms. The largest absolute Gasteiger partial charge is 0.330 e. The van der Waals surface area contributed by atoms with Crippen LogP contribution in [0.25, 0.3) is 5.57 Å². The fourth-order valence-corrected chi connectivity index (χ4v) is 3.66. The molecule has 0 spiro atoms. The fraction of sp³-hybridized carbons (Fsp3) is 0.370. The lowest BCUT2D eigenvalue weighted by Crippen LogP contribution is -2.27. The minimum absolute atomic E-state index is 0.0833. The maximum atomic E-state index is 13.3. The minimum atomic E-state index is -2.79. The van der Waals surface area contributed by atoms with Crippen LogP contribution >= 0.6 is 0 Å². The van der Waals surface area contributed by atoms with Crippen LogP contribution in [0.15, 0.2) is 78.4 Å². The Hall–Kier alpha value is -2.75. The molecule has 1 heterocycles. The van der Waals surface area contributed by atoms with Crippen LogP contribution in [0, 0.1) is 5.92 Å². The van der Waals surface area contributed by atoms with Gasteiger partial charge in [-0.3, -0.25) is 4.79 Å². The van der Waals surface area contributed by atoms with Crippen molar-refractivity contribution < 1.29 is 13.6 Å². The number of amides is 1. The van der Waals surface area contributed by atoms with Gasteiger partial charge in [0.15, 0.2) is 0 Å². The van der Waals surface area contributed by atoms with Crippen LogP contribution in [0.5, 0.6) is 0 Å². The molecule has 0 N–H and O–H groups in total. The summed E-state index contributed by atoms with van der Waals surface area (Å²) in [6, 6.07) is 8.20. The van der Waals surface area contributed by atoms with E-state index in [0.29, 0.717) is 30.2 Å². The van der Waals surface area contributed by atoms with Gasteiger partial charge in [0.05, 0.1) is 0 Å². The summed E-state index contributed by atoms with van der Waals surface area (Å²) in [5.74, 6) is -2.46. The van der Waals surface area contributed by atoms with Crippen molar-refractivity contribution in [1.82, 2.24) is 4.90 Å². The molecule has 0 saturated carbocycles. The topological polar surface area (TPSA) is 20.3 Å². The molecule has 0 atom stereocenters. The van der Waals surface area contributed by atoms with Crippen LogP contribution < -0.4 is 0 Å². The molecule has 1 aliphatic heterocycles. The van der Waals surface area contributed by atoms with Crippen LogP contribution in [-0.2, 0) is 11.3 Å². The lowest BCUT2D eigenvalue weighted by atomic mass is 9.97. The quantitative estimate of drug-likeness (QED) is 0.366. The number of allylic oxidation sites excluding steroid dienone is 4. The molecule has 166 valence electrons. The van der Waals surface area contributed by atoms with Gasteiger partial charge < -0.3 is 4.90 Å². The van der Waals surface area contributed by atoms with E-state index in [9.17, 15) is 13.6 Å². The van der Waals surface area contributed by atoms with Crippen LogP contribution in [0.4, 0.5) is 8.78 Å². The lowest BCUT2D eigenvalue weighted by Gasteiger charge is -2.18. The third-order valence-corrected chi connectivity index (χ3v) is 5.20. The molecule has 1 aromatic rings. The smallest absolute Gasteiger partial charge is 0.255 e. The summed E-state index contributed by atoms with van der Waals surface area (Å²) in [6.45, 7) is 15.8. The first kappa shape index (κ1) is 24.5. The van der Waals surface area contributed by atoms with E-state index in [1.165, 1.54) is 5.57 Å². The Morgan fingerprint density at radius 3 is 2.45 bits per heavy atom. The number of rotatable bonds is 10. The van der Waals surface area contributed by atoms with E-state index < -0.39 is 5.92 Å². The molecule has 1 aliphatic rings. The van der Waals surface area contributed by atoms with E-state index >= 15 is 0 Å². The number of nitrogens with zero attached hydrogens (tertiary/aromatic N) is 1. The van der Waals surface area contributed by atoms with E-state index in [4.69, 9.17) is 0 Å². The monoisotopic (exact) mass is 425 g/mol. The average molecular weight is 426 g/mol. The SMILES string of the molecule is C=C/C=C\C1=C(C(=C)CCC(C)(F)F)C(=O)N(Cc2ccc(/C(C)=C/C(C)C)cc2)C1. The van der Waals surface area contributed by atoms with Crippen molar-refractivity contribution in [3.05, 3.63) is 89.6 Å². The number of carbonyl (C=O) groups is 1. The molecular formula is C27H33F2NO. The highest BCUT2D eigenvalue weighted by atomic mass is 19.3. The van der Waals surface area contributed by atoms with Crippen molar-refractivity contribution in [2.45, 2.75) is 53.0 Å². The van der Waals surface area contributed by atoms with Gasteiger partial charge in [0, 0.05) is 25.1 Å².